The van der Waals surface area contributed by atoms with Gasteiger partial charge < -0.3 is 10.6 Å². The lowest BCUT2D eigenvalue weighted by atomic mass is 10.1. The minimum Gasteiger partial charge on any atom is -0.334 e. The fourth-order valence-electron chi connectivity index (χ4n) is 3.26. The second kappa shape index (κ2) is 9.27. The molecule has 1 amide bonds. The van der Waals surface area contributed by atoms with Crippen LogP contribution in [0.1, 0.15) is 46.7 Å². The van der Waals surface area contributed by atoms with Gasteiger partial charge in [0.05, 0.1) is 0 Å². The minimum atomic E-state index is -0.238. The van der Waals surface area contributed by atoms with Crippen molar-refractivity contribution in [3.05, 3.63) is 51.7 Å². The van der Waals surface area contributed by atoms with E-state index in [0.717, 1.165) is 36.3 Å². The first kappa shape index (κ1) is 19.8. The first-order chi connectivity index (χ1) is 11.7. The Morgan fingerprint density at radius 2 is 2.12 bits per heavy atom. The van der Waals surface area contributed by atoms with Gasteiger partial charge in [-0.2, -0.15) is 0 Å². The van der Waals surface area contributed by atoms with Crippen molar-refractivity contribution < 1.29 is 9.18 Å². The highest BCUT2D eigenvalue weighted by molar-refractivity contribution is 7.09. The quantitative estimate of drug-likeness (QED) is 0.825. The Hall–Kier alpha value is -1.50. The number of carbonyl (C=O) groups is 1. The van der Waals surface area contributed by atoms with Gasteiger partial charge in [0.1, 0.15) is 16.5 Å². The van der Waals surface area contributed by atoms with E-state index < -0.39 is 0 Å². The van der Waals surface area contributed by atoms with E-state index in [1.807, 2.05) is 11.0 Å². The maximum atomic E-state index is 13.4. The third kappa shape index (κ3) is 5.00. The number of nitrogens with two attached hydrogens (primary N) is 1. The molecule has 1 saturated carbocycles. The zero-order valence-electron chi connectivity index (χ0n) is 14.0. The van der Waals surface area contributed by atoms with Gasteiger partial charge in [0.25, 0.3) is 5.91 Å². The van der Waals surface area contributed by atoms with Crippen LogP contribution in [0.4, 0.5) is 4.39 Å². The first-order valence-corrected chi connectivity index (χ1v) is 9.25. The number of rotatable bonds is 6. The Morgan fingerprint density at radius 3 is 2.76 bits per heavy atom. The Morgan fingerprint density at radius 1 is 1.36 bits per heavy atom. The zero-order valence-corrected chi connectivity index (χ0v) is 15.6. The molecule has 1 aliphatic rings. The molecule has 1 heterocycles. The second-order valence-corrected chi connectivity index (χ2v) is 7.09. The summed E-state index contributed by atoms with van der Waals surface area (Å²) in [6.07, 6.45) is 5.01. The van der Waals surface area contributed by atoms with Crippen molar-refractivity contribution in [2.45, 2.75) is 44.7 Å². The molecular weight excluding hydrogens is 361 g/mol. The van der Waals surface area contributed by atoms with Crippen molar-refractivity contribution in [2.75, 3.05) is 6.54 Å². The molecule has 3 rings (SSSR count). The summed E-state index contributed by atoms with van der Waals surface area (Å²) in [6, 6.07) is 6.84. The van der Waals surface area contributed by atoms with E-state index in [1.54, 1.807) is 11.4 Å². The van der Waals surface area contributed by atoms with Crippen LogP contribution in [-0.2, 0) is 13.0 Å². The van der Waals surface area contributed by atoms with Crippen molar-refractivity contribution >= 4 is 29.7 Å². The van der Waals surface area contributed by atoms with E-state index in [2.05, 4.69) is 4.98 Å². The van der Waals surface area contributed by atoms with Gasteiger partial charge in [-0.3, -0.25) is 4.79 Å². The van der Waals surface area contributed by atoms with E-state index in [1.165, 1.54) is 23.5 Å². The van der Waals surface area contributed by atoms with E-state index in [4.69, 9.17) is 5.73 Å². The third-order valence-electron chi connectivity index (χ3n) is 4.50. The number of thiazole rings is 1. The normalized spacial score (nSPS) is 14.3. The van der Waals surface area contributed by atoms with Crippen LogP contribution in [0.3, 0.4) is 0 Å². The number of hydrogen-bond donors (Lipinski definition) is 1. The molecule has 0 spiro atoms. The van der Waals surface area contributed by atoms with E-state index in [-0.39, 0.29) is 30.2 Å². The van der Waals surface area contributed by atoms with Crippen molar-refractivity contribution in [3.63, 3.8) is 0 Å². The van der Waals surface area contributed by atoms with Crippen molar-refractivity contribution in [3.8, 4) is 0 Å². The molecule has 25 heavy (non-hydrogen) atoms. The summed E-state index contributed by atoms with van der Waals surface area (Å²) < 4.78 is 13.4. The van der Waals surface area contributed by atoms with Gasteiger partial charge in [-0.15, -0.1) is 23.7 Å². The highest BCUT2D eigenvalue weighted by Crippen LogP contribution is 2.25. The first-order valence-electron chi connectivity index (χ1n) is 8.37. The number of nitrogens with zero attached hydrogens (tertiary/aromatic N) is 2. The number of aromatic nitrogens is 1. The minimum absolute atomic E-state index is 0. The van der Waals surface area contributed by atoms with Crippen LogP contribution in [0, 0.1) is 5.82 Å². The van der Waals surface area contributed by atoms with Gasteiger partial charge in [-0.25, -0.2) is 9.37 Å². The maximum Gasteiger partial charge on any atom is 0.273 e. The summed E-state index contributed by atoms with van der Waals surface area (Å²) in [6.45, 7) is 0.938. The average molecular weight is 384 g/mol. The number of halogens is 2. The Bertz CT molecular complexity index is 703. The summed E-state index contributed by atoms with van der Waals surface area (Å²) in [4.78, 5) is 19.2. The van der Waals surface area contributed by atoms with Crippen LogP contribution in [0.25, 0.3) is 0 Å². The fourth-order valence-corrected chi connectivity index (χ4v) is 3.91. The molecule has 2 N–H and O–H groups in total. The largest absolute Gasteiger partial charge is 0.334 e. The second-order valence-electron chi connectivity index (χ2n) is 6.15. The number of amides is 1. The van der Waals surface area contributed by atoms with Gasteiger partial charge in [0.2, 0.25) is 0 Å². The standard InChI is InChI=1S/C18H22FN3OS.ClH/c19-14-5-3-4-13(10-14)8-9-22(15-6-1-2-7-15)18(23)16-12-24-17(11-20)21-16;/h3-5,10,12,15H,1-2,6-9,11,20H2;1H. The fraction of sp³-hybridized carbons (Fsp3) is 0.444. The predicted octanol–water partition coefficient (Wildman–Crippen LogP) is 3.79. The molecular formula is C18H23ClFN3OS. The molecule has 0 radical (unpaired) electrons. The summed E-state index contributed by atoms with van der Waals surface area (Å²) in [5, 5.41) is 2.56. The highest BCUT2D eigenvalue weighted by atomic mass is 35.5. The SMILES string of the molecule is Cl.NCc1nc(C(=O)N(CCc2cccc(F)c2)C2CCCC2)cs1. The van der Waals surface area contributed by atoms with Crippen LogP contribution < -0.4 is 5.73 Å². The molecule has 1 aromatic carbocycles. The summed E-state index contributed by atoms with van der Waals surface area (Å²) in [5.74, 6) is -0.271. The van der Waals surface area contributed by atoms with Gasteiger partial charge in [-0.05, 0) is 37.0 Å². The van der Waals surface area contributed by atoms with E-state index >= 15 is 0 Å². The van der Waals surface area contributed by atoms with Crippen LogP contribution in [-0.4, -0.2) is 28.4 Å². The average Bonchev–Trinajstić information content (AvgIpc) is 3.26. The molecule has 0 atom stereocenters. The Balaban J connectivity index is 0.00000225. The van der Waals surface area contributed by atoms with Crippen LogP contribution >= 0.6 is 23.7 Å². The lowest BCUT2D eigenvalue weighted by Crippen LogP contribution is -2.40. The Kier molecular flexibility index (Phi) is 7.35. The van der Waals surface area contributed by atoms with Gasteiger partial charge in [0.15, 0.2) is 0 Å². The van der Waals surface area contributed by atoms with Gasteiger partial charge in [-0.1, -0.05) is 25.0 Å². The molecule has 0 bridgehead atoms. The van der Waals surface area contributed by atoms with Crippen molar-refractivity contribution in [1.29, 1.82) is 0 Å². The highest BCUT2D eigenvalue weighted by Gasteiger charge is 2.28. The van der Waals surface area contributed by atoms with Gasteiger partial charge >= 0.3 is 0 Å². The van der Waals surface area contributed by atoms with Crippen LogP contribution in [0.15, 0.2) is 29.6 Å². The van der Waals surface area contributed by atoms with E-state index in [9.17, 15) is 9.18 Å². The Labute approximate surface area is 157 Å². The monoisotopic (exact) mass is 383 g/mol. The summed E-state index contributed by atoms with van der Waals surface area (Å²) in [7, 11) is 0. The summed E-state index contributed by atoms with van der Waals surface area (Å²) >= 11 is 1.42. The molecule has 2 aromatic rings. The predicted molar refractivity (Wildman–Crippen MR) is 101 cm³/mol. The molecule has 1 fully saturated rings. The molecule has 0 aliphatic heterocycles. The maximum absolute atomic E-state index is 13.4. The molecule has 7 heteroatoms. The van der Waals surface area contributed by atoms with Gasteiger partial charge in [0, 0.05) is 24.5 Å². The molecule has 0 saturated heterocycles. The molecule has 136 valence electrons. The van der Waals surface area contributed by atoms with Crippen LogP contribution in [0.2, 0.25) is 0 Å². The van der Waals surface area contributed by atoms with Crippen molar-refractivity contribution in [1.82, 2.24) is 9.88 Å². The lowest BCUT2D eigenvalue weighted by molar-refractivity contribution is 0.0678. The van der Waals surface area contributed by atoms with Crippen LogP contribution in [0.5, 0.6) is 0 Å². The smallest absolute Gasteiger partial charge is 0.273 e. The molecule has 1 aromatic heterocycles. The van der Waals surface area contributed by atoms with Crippen molar-refractivity contribution in [2.24, 2.45) is 5.73 Å². The number of carbonyl (C=O) groups excluding carboxylic acids is 1. The molecule has 0 unspecified atom stereocenters. The molecule has 1 aliphatic carbocycles. The van der Waals surface area contributed by atoms with E-state index in [0.29, 0.717) is 25.2 Å². The lowest BCUT2D eigenvalue weighted by Gasteiger charge is -2.28. The third-order valence-corrected chi connectivity index (χ3v) is 5.37. The topological polar surface area (TPSA) is 59.2 Å². The number of benzene rings is 1. The zero-order chi connectivity index (χ0) is 16.9. The summed E-state index contributed by atoms with van der Waals surface area (Å²) in [5.41, 5.74) is 6.99. The number of hydrogen-bond acceptors (Lipinski definition) is 4. The molecule has 4 nitrogen and oxygen atoms in total.